The van der Waals surface area contributed by atoms with Gasteiger partial charge in [0.15, 0.2) is 11.6 Å². The van der Waals surface area contributed by atoms with Crippen LogP contribution in [0.1, 0.15) is 12.8 Å². The van der Waals surface area contributed by atoms with E-state index in [2.05, 4.69) is 15.6 Å². The van der Waals surface area contributed by atoms with E-state index in [0.717, 1.165) is 6.42 Å². The molecule has 1 saturated heterocycles. The van der Waals surface area contributed by atoms with E-state index in [-0.39, 0.29) is 23.6 Å². The summed E-state index contributed by atoms with van der Waals surface area (Å²) in [7, 11) is 0. The van der Waals surface area contributed by atoms with Crippen LogP contribution >= 0.6 is 0 Å². The van der Waals surface area contributed by atoms with Gasteiger partial charge in [0.2, 0.25) is 5.91 Å². The number of hydrogen-bond acceptors (Lipinski definition) is 3. The Balaban J connectivity index is 1.88. The lowest BCUT2D eigenvalue weighted by atomic mass is 10.2. The van der Waals surface area contributed by atoms with E-state index in [1.165, 1.54) is 18.3 Å². The molecular formula is C10H12FN3O. The molecule has 2 heterocycles. The summed E-state index contributed by atoms with van der Waals surface area (Å²) >= 11 is 0. The van der Waals surface area contributed by atoms with Gasteiger partial charge < -0.3 is 10.6 Å². The second-order valence-corrected chi connectivity index (χ2v) is 3.52. The zero-order valence-corrected chi connectivity index (χ0v) is 8.16. The van der Waals surface area contributed by atoms with Crippen LogP contribution in [-0.2, 0) is 4.79 Å². The van der Waals surface area contributed by atoms with Gasteiger partial charge in [0.05, 0.1) is 0 Å². The molecule has 1 fully saturated rings. The first kappa shape index (κ1) is 9.89. The largest absolute Gasteiger partial charge is 0.366 e. The van der Waals surface area contributed by atoms with Crippen LogP contribution in [0.5, 0.6) is 0 Å². The second kappa shape index (κ2) is 4.25. The van der Waals surface area contributed by atoms with Crippen LogP contribution in [0.3, 0.4) is 0 Å². The molecule has 2 N–H and O–H groups in total. The lowest BCUT2D eigenvalue weighted by Gasteiger charge is -2.11. The van der Waals surface area contributed by atoms with Gasteiger partial charge in [0.25, 0.3) is 0 Å². The molecule has 0 aromatic carbocycles. The molecule has 1 amide bonds. The summed E-state index contributed by atoms with van der Waals surface area (Å²) in [6, 6.07) is 2.97. The van der Waals surface area contributed by atoms with Crippen LogP contribution in [0, 0.1) is 5.82 Å². The molecule has 4 nitrogen and oxygen atoms in total. The van der Waals surface area contributed by atoms with Crippen molar-refractivity contribution in [3.8, 4) is 0 Å². The van der Waals surface area contributed by atoms with Gasteiger partial charge >= 0.3 is 0 Å². The highest BCUT2D eigenvalue weighted by Crippen LogP contribution is 2.11. The van der Waals surface area contributed by atoms with E-state index in [1.54, 1.807) is 0 Å². The highest BCUT2D eigenvalue weighted by atomic mass is 19.1. The summed E-state index contributed by atoms with van der Waals surface area (Å²) in [4.78, 5) is 14.8. The number of carbonyl (C=O) groups is 1. The molecule has 0 bridgehead atoms. The first-order valence-corrected chi connectivity index (χ1v) is 4.89. The number of halogens is 1. The van der Waals surface area contributed by atoms with Crippen LogP contribution in [0.25, 0.3) is 0 Å². The molecule has 1 atom stereocenters. The lowest BCUT2D eigenvalue weighted by Crippen LogP contribution is -2.32. The zero-order chi connectivity index (χ0) is 10.7. The van der Waals surface area contributed by atoms with E-state index in [0.29, 0.717) is 13.0 Å². The van der Waals surface area contributed by atoms with Gasteiger partial charge in [-0.3, -0.25) is 4.79 Å². The minimum atomic E-state index is -0.373. The number of hydrogen-bond donors (Lipinski definition) is 2. The van der Waals surface area contributed by atoms with E-state index in [9.17, 15) is 9.18 Å². The second-order valence-electron chi connectivity index (χ2n) is 3.52. The average molecular weight is 209 g/mol. The molecule has 0 radical (unpaired) electrons. The number of pyridine rings is 1. The minimum absolute atomic E-state index is 0.0586. The molecule has 0 saturated carbocycles. The molecule has 1 unspecified atom stereocenters. The van der Waals surface area contributed by atoms with Crippen molar-refractivity contribution in [3.05, 3.63) is 24.1 Å². The quantitative estimate of drug-likeness (QED) is 0.778. The lowest BCUT2D eigenvalue weighted by molar-refractivity contribution is -0.119. The molecule has 0 aliphatic carbocycles. The summed E-state index contributed by atoms with van der Waals surface area (Å²) in [6.07, 6.45) is 2.87. The van der Waals surface area contributed by atoms with Crippen molar-refractivity contribution in [3.63, 3.8) is 0 Å². The number of carbonyl (C=O) groups excluding carboxylic acids is 1. The summed E-state index contributed by atoms with van der Waals surface area (Å²) in [5.74, 6) is -0.0798. The Morgan fingerprint density at radius 3 is 3.20 bits per heavy atom. The topological polar surface area (TPSA) is 54.0 Å². The molecule has 0 spiro atoms. The molecular weight excluding hydrogens is 197 g/mol. The SMILES string of the molecule is O=C1CCC(CNc2ncccc2F)N1. The Morgan fingerprint density at radius 1 is 1.67 bits per heavy atom. The molecule has 1 aromatic heterocycles. The number of aromatic nitrogens is 1. The fourth-order valence-corrected chi connectivity index (χ4v) is 1.57. The van der Waals surface area contributed by atoms with Gasteiger partial charge in [-0.25, -0.2) is 9.37 Å². The summed E-state index contributed by atoms with van der Waals surface area (Å²) in [6.45, 7) is 0.514. The van der Waals surface area contributed by atoms with Crippen molar-refractivity contribution in [2.75, 3.05) is 11.9 Å². The number of nitrogens with one attached hydrogen (secondary N) is 2. The fourth-order valence-electron chi connectivity index (χ4n) is 1.57. The van der Waals surface area contributed by atoms with E-state index >= 15 is 0 Å². The maximum atomic E-state index is 13.1. The third-order valence-electron chi connectivity index (χ3n) is 2.36. The van der Waals surface area contributed by atoms with Gasteiger partial charge in [-0.1, -0.05) is 0 Å². The Hall–Kier alpha value is -1.65. The van der Waals surface area contributed by atoms with E-state index in [4.69, 9.17) is 0 Å². The Kier molecular flexibility index (Phi) is 2.80. The van der Waals surface area contributed by atoms with E-state index in [1.807, 2.05) is 0 Å². The Labute approximate surface area is 86.9 Å². The maximum Gasteiger partial charge on any atom is 0.220 e. The third-order valence-corrected chi connectivity index (χ3v) is 2.36. The minimum Gasteiger partial charge on any atom is -0.366 e. The summed E-state index contributed by atoms with van der Waals surface area (Å²) < 4.78 is 13.1. The van der Waals surface area contributed by atoms with Crippen molar-refractivity contribution >= 4 is 11.7 Å². The van der Waals surface area contributed by atoms with Crippen molar-refractivity contribution in [1.82, 2.24) is 10.3 Å². The van der Waals surface area contributed by atoms with E-state index < -0.39 is 0 Å². The van der Waals surface area contributed by atoms with Gasteiger partial charge in [0.1, 0.15) is 0 Å². The van der Waals surface area contributed by atoms with Crippen molar-refractivity contribution in [2.24, 2.45) is 0 Å². The maximum absolute atomic E-state index is 13.1. The number of amides is 1. The number of anilines is 1. The molecule has 15 heavy (non-hydrogen) atoms. The summed E-state index contributed by atoms with van der Waals surface area (Å²) in [5, 5.41) is 5.67. The van der Waals surface area contributed by atoms with Crippen LogP contribution in [0.4, 0.5) is 10.2 Å². The van der Waals surface area contributed by atoms with Crippen molar-refractivity contribution < 1.29 is 9.18 Å². The highest BCUT2D eigenvalue weighted by molar-refractivity contribution is 5.78. The van der Waals surface area contributed by atoms with Gasteiger partial charge in [-0.15, -0.1) is 0 Å². The first-order chi connectivity index (χ1) is 7.25. The van der Waals surface area contributed by atoms with Crippen molar-refractivity contribution in [2.45, 2.75) is 18.9 Å². The third kappa shape index (κ3) is 2.43. The number of rotatable bonds is 3. The standard InChI is InChI=1S/C10H12FN3O/c11-8-2-1-5-12-10(8)13-6-7-3-4-9(15)14-7/h1-2,5,7H,3-4,6H2,(H,12,13)(H,14,15). The van der Waals surface area contributed by atoms with Gasteiger partial charge in [0, 0.05) is 25.2 Å². The Morgan fingerprint density at radius 2 is 2.53 bits per heavy atom. The normalized spacial score (nSPS) is 20.1. The zero-order valence-electron chi connectivity index (χ0n) is 8.16. The Bertz CT molecular complexity index is 369. The van der Waals surface area contributed by atoms with Crippen LogP contribution in [0.15, 0.2) is 18.3 Å². The molecule has 1 aliphatic rings. The molecule has 1 aromatic rings. The predicted octanol–water partition coefficient (Wildman–Crippen LogP) is 0.911. The molecule has 5 heteroatoms. The smallest absolute Gasteiger partial charge is 0.220 e. The van der Waals surface area contributed by atoms with Gasteiger partial charge in [-0.05, 0) is 18.6 Å². The summed E-state index contributed by atoms with van der Waals surface area (Å²) in [5.41, 5.74) is 0. The first-order valence-electron chi connectivity index (χ1n) is 4.89. The van der Waals surface area contributed by atoms with Crippen molar-refractivity contribution in [1.29, 1.82) is 0 Å². The number of nitrogens with zero attached hydrogens (tertiary/aromatic N) is 1. The average Bonchev–Trinajstić information content (AvgIpc) is 2.63. The van der Waals surface area contributed by atoms with Crippen LogP contribution < -0.4 is 10.6 Å². The molecule has 2 rings (SSSR count). The van der Waals surface area contributed by atoms with Crippen LogP contribution in [0.2, 0.25) is 0 Å². The molecule has 80 valence electrons. The monoisotopic (exact) mass is 209 g/mol. The molecule has 1 aliphatic heterocycles. The fraction of sp³-hybridized carbons (Fsp3) is 0.400. The van der Waals surface area contributed by atoms with Crippen LogP contribution in [-0.4, -0.2) is 23.5 Å². The highest BCUT2D eigenvalue weighted by Gasteiger charge is 2.20. The van der Waals surface area contributed by atoms with Gasteiger partial charge in [-0.2, -0.15) is 0 Å². The predicted molar refractivity (Wildman–Crippen MR) is 53.8 cm³/mol.